The Morgan fingerprint density at radius 3 is 1.73 bits per heavy atom. The molecule has 2 fully saturated rings. The summed E-state index contributed by atoms with van der Waals surface area (Å²) >= 11 is 0. The molecule has 0 N–H and O–H groups in total. The Hall–Kier alpha value is -0.940. The maximum Gasteiger partial charge on any atom is 0.342 e. The van der Waals surface area contributed by atoms with E-state index in [0.717, 1.165) is 12.8 Å². The van der Waals surface area contributed by atoms with Crippen LogP contribution < -0.4 is 0 Å². The molecular formula is C10H14O5. The summed E-state index contributed by atoms with van der Waals surface area (Å²) in [7, 11) is 0. The van der Waals surface area contributed by atoms with Gasteiger partial charge in [0.1, 0.15) is 0 Å². The summed E-state index contributed by atoms with van der Waals surface area (Å²) in [6.45, 7) is 1.13. The van der Waals surface area contributed by atoms with Crippen LogP contribution in [0.15, 0.2) is 0 Å². The van der Waals surface area contributed by atoms with E-state index in [1.807, 2.05) is 0 Å². The van der Waals surface area contributed by atoms with E-state index in [-0.39, 0.29) is 0 Å². The van der Waals surface area contributed by atoms with Crippen LogP contribution in [0, 0.1) is 0 Å². The van der Waals surface area contributed by atoms with Crippen molar-refractivity contribution in [3.8, 4) is 0 Å². The fourth-order valence-electron chi connectivity index (χ4n) is 1.76. The molecule has 2 saturated heterocycles. The van der Waals surface area contributed by atoms with Crippen molar-refractivity contribution in [1.82, 2.24) is 0 Å². The molecule has 5 nitrogen and oxygen atoms in total. The normalized spacial score (nSPS) is 30.4. The minimum absolute atomic E-state index is 0.560. The summed E-state index contributed by atoms with van der Waals surface area (Å²) in [5.74, 6) is -1.15. The summed E-state index contributed by atoms with van der Waals surface area (Å²) in [4.78, 5) is 22.8. The molecular weight excluding hydrogens is 200 g/mol. The van der Waals surface area contributed by atoms with Gasteiger partial charge in [-0.25, -0.2) is 9.59 Å². The van der Waals surface area contributed by atoms with E-state index >= 15 is 0 Å². The van der Waals surface area contributed by atoms with Crippen molar-refractivity contribution in [2.75, 3.05) is 13.2 Å². The molecule has 2 aliphatic rings. The molecule has 2 rings (SSSR count). The fraction of sp³-hybridized carbons (Fsp3) is 0.800. The second-order valence-corrected chi connectivity index (χ2v) is 3.74. The number of ether oxygens (including phenoxy) is 3. The molecule has 5 heteroatoms. The zero-order valence-electron chi connectivity index (χ0n) is 8.44. The Morgan fingerprint density at radius 2 is 1.40 bits per heavy atom. The third-order valence-corrected chi connectivity index (χ3v) is 2.59. The van der Waals surface area contributed by atoms with Gasteiger partial charge in [0, 0.05) is 13.2 Å². The van der Waals surface area contributed by atoms with Crippen LogP contribution in [-0.2, 0) is 23.8 Å². The van der Waals surface area contributed by atoms with Gasteiger partial charge in [0.2, 0.25) is 0 Å². The van der Waals surface area contributed by atoms with Crippen LogP contribution in [0.5, 0.6) is 0 Å². The minimum atomic E-state index is -0.576. The van der Waals surface area contributed by atoms with Crippen molar-refractivity contribution in [2.24, 2.45) is 0 Å². The summed E-state index contributed by atoms with van der Waals surface area (Å²) < 4.78 is 14.9. The Balaban J connectivity index is 1.79. The zero-order valence-corrected chi connectivity index (χ0v) is 8.44. The molecule has 0 spiro atoms. The SMILES string of the molecule is O=C(OC(=O)[C@@H]1CCCO1)[C@@H]1CCCO1. The molecule has 2 heterocycles. The van der Waals surface area contributed by atoms with Gasteiger partial charge in [-0.15, -0.1) is 0 Å². The maximum atomic E-state index is 11.4. The third-order valence-electron chi connectivity index (χ3n) is 2.59. The lowest BCUT2D eigenvalue weighted by atomic mass is 10.2. The Kier molecular flexibility index (Phi) is 3.33. The van der Waals surface area contributed by atoms with Crippen molar-refractivity contribution < 1.29 is 23.8 Å². The lowest BCUT2D eigenvalue weighted by Gasteiger charge is -2.10. The molecule has 0 bridgehead atoms. The highest BCUT2D eigenvalue weighted by molar-refractivity contribution is 5.90. The predicted molar refractivity (Wildman–Crippen MR) is 49.0 cm³/mol. The van der Waals surface area contributed by atoms with Crippen LogP contribution in [0.3, 0.4) is 0 Å². The Morgan fingerprint density at radius 1 is 0.933 bits per heavy atom. The minimum Gasteiger partial charge on any atom is -0.389 e. The Labute approximate surface area is 87.7 Å². The summed E-state index contributed by atoms with van der Waals surface area (Å²) in [6.07, 6.45) is 1.84. The second kappa shape index (κ2) is 4.72. The molecule has 0 radical (unpaired) electrons. The van der Waals surface area contributed by atoms with Crippen LogP contribution in [-0.4, -0.2) is 37.4 Å². The number of esters is 2. The van der Waals surface area contributed by atoms with Crippen molar-refractivity contribution in [3.63, 3.8) is 0 Å². The second-order valence-electron chi connectivity index (χ2n) is 3.74. The number of carbonyl (C=O) groups is 2. The molecule has 84 valence electrons. The molecule has 0 aromatic carbocycles. The number of hydrogen-bond acceptors (Lipinski definition) is 5. The first-order valence-corrected chi connectivity index (χ1v) is 5.26. The van der Waals surface area contributed by atoms with Gasteiger partial charge >= 0.3 is 11.9 Å². The average Bonchev–Trinajstić information content (AvgIpc) is 2.91. The molecule has 0 aromatic heterocycles. The first-order valence-electron chi connectivity index (χ1n) is 5.26. The lowest BCUT2D eigenvalue weighted by Crippen LogP contribution is -2.30. The lowest BCUT2D eigenvalue weighted by molar-refractivity contribution is -0.172. The van der Waals surface area contributed by atoms with Crippen LogP contribution in [0.25, 0.3) is 0 Å². The van der Waals surface area contributed by atoms with E-state index in [1.54, 1.807) is 0 Å². The molecule has 0 aliphatic carbocycles. The highest BCUT2D eigenvalue weighted by Gasteiger charge is 2.31. The van der Waals surface area contributed by atoms with Crippen LogP contribution in [0.2, 0.25) is 0 Å². The van der Waals surface area contributed by atoms with Crippen LogP contribution in [0.1, 0.15) is 25.7 Å². The van der Waals surface area contributed by atoms with Crippen LogP contribution in [0.4, 0.5) is 0 Å². The first-order chi connectivity index (χ1) is 7.27. The van der Waals surface area contributed by atoms with E-state index in [2.05, 4.69) is 0 Å². The van der Waals surface area contributed by atoms with E-state index in [4.69, 9.17) is 14.2 Å². The monoisotopic (exact) mass is 214 g/mol. The summed E-state index contributed by atoms with van der Waals surface area (Å²) in [6, 6.07) is 0. The highest BCUT2D eigenvalue weighted by Crippen LogP contribution is 2.16. The van der Waals surface area contributed by atoms with E-state index in [1.165, 1.54) is 0 Å². The number of carbonyl (C=O) groups excluding carboxylic acids is 2. The first kappa shape index (κ1) is 10.6. The molecule has 2 atom stereocenters. The molecule has 0 saturated carbocycles. The van der Waals surface area contributed by atoms with Gasteiger partial charge in [0.05, 0.1) is 0 Å². The molecule has 0 aromatic rings. The van der Waals surface area contributed by atoms with Crippen molar-refractivity contribution in [2.45, 2.75) is 37.9 Å². The van der Waals surface area contributed by atoms with E-state index < -0.39 is 24.1 Å². The predicted octanol–water partition coefficient (Wildman–Crippen LogP) is 0.414. The molecule has 0 amide bonds. The van der Waals surface area contributed by atoms with Gasteiger partial charge in [-0.1, -0.05) is 0 Å². The van der Waals surface area contributed by atoms with E-state index in [9.17, 15) is 9.59 Å². The average molecular weight is 214 g/mol. The number of hydrogen-bond donors (Lipinski definition) is 0. The topological polar surface area (TPSA) is 61.8 Å². The molecule has 0 unspecified atom stereocenters. The van der Waals surface area contributed by atoms with E-state index in [0.29, 0.717) is 26.1 Å². The van der Waals surface area contributed by atoms with Gasteiger partial charge in [0.25, 0.3) is 0 Å². The van der Waals surface area contributed by atoms with Gasteiger partial charge in [-0.3, -0.25) is 0 Å². The largest absolute Gasteiger partial charge is 0.389 e. The molecule has 2 aliphatic heterocycles. The van der Waals surface area contributed by atoms with Gasteiger partial charge in [-0.05, 0) is 25.7 Å². The zero-order chi connectivity index (χ0) is 10.7. The van der Waals surface area contributed by atoms with Crippen molar-refractivity contribution in [3.05, 3.63) is 0 Å². The van der Waals surface area contributed by atoms with Gasteiger partial charge in [-0.2, -0.15) is 0 Å². The molecule has 15 heavy (non-hydrogen) atoms. The van der Waals surface area contributed by atoms with Crippen molar-refractivity contribution in [1.29, 1.82) is 0 Å². The Bertz CT molecular complexity index is 225. The number of rotatable bonds is 2. The van der Waals surface area contributed by atoms with Crippen LogP contribution >= 0.6 is 0 Å². The highest BCUT2D eigenvalue weighted by atomic mass is 16.6. The third kappa shape index (κ3) is 2.54. The van der Waals surface area contributed by atoms with Gasteiger partial charge < -0.3 is 14.2 Å². The maximum absolute atomic E-state index is 11.4. The standard InChI is InChI=1S/C10H14O5/c11-9(7-3-1-5-13-7)15-10(12)8-4-2-6-14-8/h7-8H,1-6H2/t7-,8-/m0/s1. The fourth-order valence-corrected chi connectivity index (χ4v) is 1.76. The smallest absolute Gasteiger partial charge is 0.342 e. The van der Waals surface area contributed by atoms with Gasteiger partial charge in [0.15, 0.2) is 12.2 Å². The summed E-state index contributed by atoms with van der Waals surface area (Å²) in [5, 5.41) is 0. The van der Waals surface area contributed by atoms with Crippen molar-refractivity contribution >= 4 is 11.9 Å². The summed E-state index contributed by atoms with van der Waals surface area (Å²) in [5.41, 5.74) is 0. The quantitative estimate of drug-likeness (QED) is 0.492.